The Labute approximate surface area is 158 Å². The molecule has 2 aromatic carbocycles. The van der Waals surface area contributed by atoms with E-state index >= 15 is 0 Å². The zero-order valence-electron chi connectivity index (χ0n) is 15.6. The minimum absolute atomic E-state index is 0.0194. The first kappa shape index (κ1) is 17.6. The van der Waals surface area contributed by atoms with E-state index in [1.165, 1.54) is 5.56 Å². The molecule has 0 radical (unpaired) electrons. The first-order valence-electron chi connectivity index (χ1n) is 9.38. The fourth-order valence-corrected chi connectivity index (χ4v) is 3.81. The van der Waals surface area contributed by atoms with Gasteiger partial charge in [0.05, 0.1) is 6.61 Å². The van der Waals surface area contributed by atoms with E-state index in [9.17, 15) is 4.79 Å². The molecule has 2 N–H and O–H groups in total. The molecule has 1 aromatic heterocycles. The van der Waals surface area contributed by atoms with E-state index in [-0.39, 0.29) is 17.9 Å². The Morgan fingerprint density at radius 3 is 2.78 bits per heavy atom. The number of hydrogen-bond acceptors (Lipinski definition) is 4. The predicted octanol–water partition coefficient (Wildman–Crippen LogP) is 3.89. The Bertz CT molecular complexity index is 949. The zero-order valence-corrected chi connectivity index (χ0v) is 15.6. The highest BCUT2D eigenvalue weighted by atomic mass is 16.5. The molecule has 0 saturated carbocycles. The smallest absolute Gasteiger partial charge is 0.323 e. The van der Waals surface area contributed by atoms with Crippen LogP contribution in [-0.2, 0) is 22.7 Å². The van der Waals surface area contributed by atoms with Gasteiger partial charge in [-0.05, 0) is 36.2 Å². The van der Waals surface area contributed by atoms with E-state index in [0.29, 0.717) is 19.8 Å². The van der Waals surface area contributed by atoms with Crippen molar-refractivity contribution in [2.24, 2.45) is 0 Å². The van der Waals surface area contributed by atoms with Crippen molar-refractivity contribution in [2.45, 2.75) is 39.0 Å². The maximum absolute atomic E-state index is 12.3. The quantitative estimate of drug-likeness (QED) is 0.674. The maximum Gasteiger partial charge on any atom is 0.323 e. The lowest BCUT2D eigenvalue weighted by molar-refractivity contribution is -0.146. The van der Waals surface area contributed by atoms with E-state index in [2.05, 4.69) is 23.3 Å². The van der Waals surface area contributed by atoms with Crippen LogP contribution in [0.5, 0.6) is 5.75 Å². The molecule has 0 aliphatic carbocycles. The zero-order chi connectivity index (χ0) is 18.8. The van der Waals surface area contributed by atoms with Crippen LogP contribution in [0.4, 0.5) is 0 Å². The second-order valence-electron chi connectivity index (χ2n) is 6.90. The monoisotopic (exact) mass is 364 g/mol. The number of nitrogens with one attached hydrogen (secondary N) is 2. The van der Waals surface area contributed by atoms with Gasteiger partial charge in [-0.15, -0.1) is 0 Å². The molecule has 0 saturated heterocycles. The highest BCUT2D eigenvalue weighted by Crippen LogP contribution is 2.36. The van der Waals surface area contributed by atoms with Crippen molar-refractivity contribution in [3.05, 3.63) is 65.4 Å². The van der Waals surface area contributed by atoms with Gasteiger partial charge in [0.15, 0.2) is 0 Å². The molecule has 2 atom stereocenters. The number of ether oxygens (including phenoxy) is 2. The van der Waals surface area contributed by atoms with Gasteiger partial charge in [0, 0.05) is 29.1 Å². The van der Waals surface area contributed by atoms with Crippen molar-refractivity contribution in [1.82, 2.24) is 10.3 Å². The topological polar surface area (TPSA) is 63.3 Å². The van der Waals surface area contributed by atoms with Crippen LogP contribution in [0.25, 0.3) is 10.9 Å². The fraction of sp³-hybridized carbons (Fsp3) is 0.318. The van der Waals surface area contributed by atoms with E-state index in [1.807, 2.05) is 49.4 Å². The molecule has 0 bridgehead atoms. The van der Waals surface area contributed by atoms with Crippen molar-refractivity contribution < 1.29 is 14.3 Å². The molecule has 2 unspecified atom stereocenters. The number of hydrogen-bond donors (Lipinski definition) is 2. The molecule has 27 heavy (non-hydrogen) atoms. The first-order chi connectivity index (χ1) is 13.2. The number of esters is 1. The van der Waals surface area contributed by atoms with E-state index in [0.717, 1.165) is 27.9 Å². The van der Waals surface area contributed by atoms with Crippen LogP contribution in [0.2, 0.25) is 0 Å². The molecule has 1 aliphatic rings. The molecule has 3 aromatic rings. The lowest BCUT2D eigenvalue weighted by Crippen LogP contribution is -2.44. The first-order valence-corrected chi connectivity index (χ1v) is 9.38. The molecule has 2 heterocycles. The maximum atomic E-state index is 12.3. The van der Waals surface area contributed by atoms with Gasteiger partial charge in [0.2, 0.25) is 0 Å². The van der Waals surface area contributed by atoms with Gasteiger partial charge in [0.1, 0.15) is 18.4 Å². The Balaban J connectivity index is 1.61. The molecule has 0 amide bonds. The van der Waals surface area contributed by atoms with Gasteiger partial charge in [-0.2, -0.15) is 0 Å². The number of fused-ring (bicyclic) bond motifs is 3. The molecular weight excluding hydrogens is 340 g/mol. The van der Waals surface area contributed by atoms with Crippen LogP contribution < -0.4 is 10.1 Å². The number of benzene rings is 2. The Morgan fingerprint density at radius 2 is 2.00 bits per heavy atom. The van der Waals surface area contributed by atoms with Gasteiger partial charge >= 0.3 is 5.97 Å². The largest absolute Gasteiger partial charge is 0.489 e. The number of H-pyrrole nitrogens is 1. The van der Waals surface area contributed by atoms with Crippen LogP contribution in [0.1, 0.15) is 36.6 Å². The number of carbonyl (C=O) groups is 1. The minimum Gasteiger partial charge on any atom is -0.489 e. The third kappa shape index (κ3) is 3.43. The van der Waals surface area contributed by atoms with Crippen molar-refractivity contribution in [3.8, 4) is 5.75 Å². The second kappa shape index (κ2) is 7.45. The minimum atomic E-state index is -0.328. The lowest BCUT2D eigenvalue weighted by atomic mass is 9.87. The van der Waals surface area contributed by atoms with E-state index < -0.39 is 0 Å². The van der Waals surface area contributed by atoms with Crippen molar-refractivity contribution in [3.63, 3.8) is 0 Å². The van der Waals surface area contributed by atoms with Crippen LogP contribution in [-0.4, -0.2) is 23.6 Å². The van der Waals surface area contributed by atoms with Crippen LogP contribution >= 0.6 is 0 Å². The van der Waals surface area contributed by atoms with Crippen LogP contribution in [0.15, 0.2) is 48.5 Å². The van der Waals surface area contributed by atoms with Gasteiger partial charge in [-0.3, -0.25) is 10.1 Å². The highest BCUT2D eigenvalue weighted by molar-refractivity contribution is 5.88. The Kier molecular flexibility index (Phi) is 4.86. The Morgan fingerprint density at radius 1 is 1.19 bits per heavy atom. The average Bonchev–Trinajstić information content (AvgIpc) is 3.06. The predicted molar refractivity (Wildman–Crippen MR) is 105 cm³/mol. The van der Waals surface area contributed by atoms with Crippen molar-refractivity contribution in [1.29, 1.82) is 0 Å². The van der Waals surface area contributed by atoms with Gasteiger partial charge in [-0.1, -0.05) is 37.3 Å². The van der Waals surface area contributed by atoms with E-state index in [4.69, 9.17) is 9.47 Å². The third-order valence-corrected chi connectivity index (χ3v) is 5.13. The second-order valence-corrected chi connectivity index (χ2v) is 6.90. The Hall–Kier alpha value is -2.79. The lowest BCUT2D eigenvalue weighted by Gasteiger charge is -2.29. The summed E-state index contributed by atoms with van der Waals surface area (Å²) < 4.78 is 11.2. The summed E-state index contributed by atoms with van der Waals surface area (Å²) in [5.41, 5.74) is 4.49. The summed E-state index contributed by atoms with van der Waals surface area (Å²) >= 11 is 0. The highest BCUT2D eigenvalue weighted by Gasteiger charge is 2.34. The number of aromatic nitrogens is 1. The third-order valence-electron chi connectivity index (χ3n) is 5.13. The van der Waals surface area contributed by atoms with Crippen LogP contribution in [0.3, 0.4) is 0 Å². The molecule has 0 spiro atoms. The van der Waals surface area contributed by atoms with Gasteiger partial charge < -0.3 is 14.5 Å². The fourth-order valence-electron chi connectivity index (χ4n) is 3.81. The summed E-state index contributed by atoms with van der Waals surface area (Å²) in [7, 11) is 0. The summed E-state index contributed by atoms with van der Waals surface area (Å²) in [5, 5.41) is 4.40. The average molecular weight is 364 g/mol. The van der Waals surface area contributed by atoms with Crippen molar-refractivity contribution in [2.75, 3.05) is 6.61 Å². The standard InChI is InChI=1S/C22H24N2O3/c1-3-26-22(25)21-14(2)20-17-11-16(27-13-15-7-5-4-6-8-15)9-10-18(17)24-19(20)12-23-21/h4-11,14,21,23-24H,3,12-13H2,1-2H3. The summed E-state index contributed by atoms with van der Waals surface area (Å²) in [6.45, 7) is 5.44. The molecule has 1 aliphatic heterocycles. The number of rotatable bonds is 5. The summed E-state index contributed by atoms with van der Waals surface area (Å²) in [6, 6.07) is 15.9. The van der Waals surface area contributed by atoms with Crippen molar-refractivity contribution >= 4 is 16.9 Å². The number of aromatic amines is 1. The summed E-state index contributed by atoms with van der Waals surface area (Å²) in [6.07, 6.45) is 0. The van der Waals surface area contributed by atoms with Gasteiger partial charge in [0.25, 0.3) is 0 Å². The normalized spacial score (nSPS) is 18.9. The summed E-state index contributed by atoms with van der Waals surface area (Å²) in [5.74, 6) is 0.652. The van der Waals surface area contributed by atoms with Crippen LogP contribution in [0, 0.1) is 0 Å². The molecule has 140 valence electrons. The number of carbonyl (C=O) groups excluding carboxylic acids is 1. The SMILES string of the molecule is CCOC(=O)C1NCc2[nH]c3ccc(OCc4ccccc4)cc3c2C1C. The molecule has 4 rings (SSSR count). The molecular formula is C22H24N2O3. The molecule has 5 nitrogen and oxygen atoms in total. The summed E-state index contributed by atoms with van der Waals surface area (Å²) in [4.78, 5) is 15.8. The van der Waals surface area contributed by atoms with Gasteiger partial charge in [-0.25, -0.2) is 0 Å². The van der Waals surface area contributed by atoms with E-state index in [1.54, 1.807) is 0 Å². The molecule has 0 fully saturated rings. The molecule has 5 heteroatoms.